The molecule has 0 radical (unpaired) electrons. The van der Waals surface area contributed by atoms with Crippen LogP contribution in [-0.4, -0.2) is 30.1 Å². The molecule has 1 saturated heterocycles. The summed E-state index contributed by atoms with van der Waals surface area (Å²) in [6.07, 6.45) is 3.26. The van der Waals surface area contributed by atoms with Crippen molar-refractivity contribution in [1.82, 2.24) is 0 Å². The van der Waals surface area contributed by atoms with E-state index in [0.29, 0.717) is 12.5 Å². The number of rotatable bonds is 3. The molecule has 2 atom stereocenters. The first-order valence-electron chi connectivity index (χ1n) is 4.74. The summed E-state index contributed by atoms with van der Waals surface area (Å²) >= 11 is 0. The minimum absolute atomic E-state index is 0.0587. The standard InChI is InChI=1S/C9H14O4/c10-8(11)4-7-5-12-9(13-7)6-2-1-3-6/h6-7,9H,1-5H2,(H,10,11). The van der Waals surface area contributed by atoms with Gasteiger partial charge >= 0.3 is 5.97 Å². The van der Waals surface area contributed by atoms with Crippen LogP contribution in [0.4, 0.5) is 0 Å². The van der Waals surface area contributed by atoms with E-state index < -0.39 is 5.97 Å². The molecule has 2 rings (SSSR count). The van der Waals surface area contributed by atoms with Gasteiger partial charge in [-0.15, -0.1) is 0 Å². The molecule has 1 aliphatic heterocycles. The smallest absolute Gasteiger partial charge is 0.306 e. The number of ether oxygens (including phenoxy) is 2. The second-order valence-corrected chi connectivity index (χ2v) is 3.75. The Morgan fingerprint density at radius 1 is 1.46 bits per heavy atom. The molecule has 0 bridgehead atoms. The lowest BCUT2D eigenvalue weighted by Crippen LogP contribution is -2.28. The first kappa shape index (κ1) is 8.97. The van der Waals surface area contributed by atoms with Crippen LogP contribution in [0.2, 0.25) is 0 Å². The molecule has 74 valence electrons. The Morgan fingerprint density at radius 3 is 2.77 bits per heavy atom. The summed E-state index contributed by atoms with van der Waals surface area (Å²) in [5.41, 5.74) is 0. The average molecular weight is 186 g/mol. The van der Waals surface area contributed by atoms with E-state index in [2.05, 4.69) is 0 Å². The van der Waals surface area contributed by atoms with Gasteiger partial charge in [0.25, 0.3) is 0 Å². The van der Waals surface area contributed by atoms with Crippen LogP contribution in [0.25, 0.3) is 0 Å². The van der Waals surface area contributed by atoms with E-state index in [0.717, 1.165) is 12.8 Å². The molecule has 2 aliphatic rings. The van der Waals surface area contributed by atoms with Crippen LogP contribution in [0.1, 0.15) is 25.7 Å². The molecular formula is C9H14O4. The number of carboxylic acid groups (broad SMARTS) is 1. The van der Waals surface area contributed by atoms with E-state index in [1.54, 1.807) is 0 Å². The molecule has 1 N–H and O–H groups in total. The highest BCUT2D eigenvalue weighted by Crippen LogP contribution is 2.34. The molecule has 1 heterocycles. The van der Waals surface area contributed by atoms with Gasteiger partial charge in [-0.25, -0.2) is 0 Å². The van der Waals surface area contributed by atoms with Gasteiger partial charge in [-0.2, -0.15) is 0 Å². The molecule has 2 unspecified atom stereocenters. The van der Waals surface area contributed by atoms with Crippen molar-refractivity contribution in [2.24, 2.45) is 5.92 Å². The van der Waals surface area contributed by atoms with Crippen LogP contribution in [0.5, 0.6) is 0 Å². The largest absolute Gasteiger partial charge is 0.481 e. The molecule has 0 aromatic carbocycles. The van der Waals surface area contributed by atoms with Gasteiger partial charge in [-0.3, -0.25) is 4.79 Å². The van der Waals surface area contributed by atoms with Gasteiger partial charge < -0.3 is 14.6 Å². The zero-order valence-corrected chi connectivity index (χ0v) is 7.44. The normalized spacial score (nSPS) is 34.5. The molecule has 13 heavy (non-hydrogen) atoms. The monoisotopic (exact) mass is 186 g/mol. The Balaban J connectivity index is 1.76. The molecule has 4 nitrogen and oxygen atoms in total. The van der Waals surface area contributed by atoms with Crippen molar-refractivity contribution < 1.29 is 19.4 Å². The van der Waals surface area contributed by atoms with E-state index in [-0.39, 0.29) is 18.8 Å². The summed E-state index contributed by atoms with van der Waals surface area (Å²) < 4.78 is 10.9. The van der Waals surface area contributed by atoms with Crippen LogP contribution < -0.4 is 0 Å². The van der Waals surface area contributed by atoms with Gasteiger partial charge in [-0.05, 0) is 12.8 Å². The van der Waals surface area contributed by atoms with Crippen molar-refractivity contribution in [2.75, 3.05) is 6.61 Å². The number of hydrogen-bond acceptors (Lipinski definition) is 3. The summed E-state index contributed by atoms with van der Waals surface area (Å²) in [6.45, 7) is 0.438. The van der Waals surface area contributed by atoms with Crippen molar-refractivity contribution in [1.29, 1.82) is 0 Å². The topological polar surface area (TPSA) is 55.8 Å². The number of carbonyl (C=O) groups is 1. The van der Waals surface area contributed by atoms with E-state index >= 15 is 0 Å². The Labute approximate surface area is 76.8 Å². The van der Waals surface area contributed by atoms with Crippen molar-refractivity contribution in [2.45, 2.75) is 38.1 Å². The fraction of sp³-hybridized carbons (Fsp3) is 0.889. The zero-order valence-electron chi connectivity index (χ0n) is 7.44. The molecule has 0 amide bonds. The number of carboxylic acids is 1. The van der Waals surface area contributed by atoms with Crippen molar-refractivity contribution in [3.05, 3.63) is 0 Å². The highest BCUT2D eigenvalue weighted by molar-refractivity contribution is 5.67. The molecule has 2 fully saturated rings. The van der Waals surface area contributed by atoms with Gasteiger partial charge in [0.1, 0.15) is 0 Å². The third-order valence-electron chi connectivity index (χ3n) is 2.71. The summed E-state index contributed by atoms with van der Waals surface area (Å²) in [5, 5.41) is 8.53. The minimum Gasteiger partial charge on any atom is -0.481 e. The van der Waals surface area contributed by atoms with Crippen LogP contribution in [0.3, 0.4) is 0 Å². The Bertz CT molecular complexity index is 200. The first-order valence-corrected chi connectivity index (χ1v) is 4.74. The SMILES string of the molecule is O=C(O)CC1COC(C2CCC2)O1. The van der Waals surface area contributed by atoms with Crippen molar-refractivity contribution in [3.63, 3.8) is 0 Å². The quantitative estimate of drug-likeness (QED) is 0.714. The maximum atomic E-state index is 10.4. The molecular weight excluding hydrogens is 172 g/mol. The van der Waals surface area contributed by atoms with Gasteiger partial charge in [-0.1, -0.05) is 6.42 Å². The molecule has 0 aromatic rings. The van der Waals surface area contributed by atoms with Crippen LogP contribution in [-0.2, 0) is 14.3 Å². The first-order chi connectivity index (χ1) is 6.25. The van der Waals surface area contributed by atoms with Crippen LogP contribution >= 0.6 is 0 Å². The summed E-state index contributed by atoms with van der Waals surface area (Å²) in [6, 6.07) is 0. The molecule has 4 heteroatoms. The van der Waals surface area contributed by atoms with Crippen molar-refractivity contribution in [3.8, 4) is 0 Å². The van der Waals surface area contributed by atoms with Gasteiger partial charge in [0.2, 0.25) is 0 Å². The van der Waals surface area contributed by atoms with Gasteiger partial charge in [0.15, 0.2) is 6.29 Å². The van der Waals surface area contributed by atoms with Gasteiger partial charge in [0, 0.05) is 5.92 Å². The number of hydrogen-bond donors (Lipinski definition) is 1. The fourth-order valence-electron chi connectivity index (χ4n) is 1.73. The maximum absolute atomic E-state index is 10.4. The van der Waals surface area contributed by atoms with Gasteiger partial charge in [0.05, 0.1) is 19.1 Å². The highest BCUT2D eigenvalue weighted by atomic mass is 16.7. The number of aliphatic carboxylic acids is 1. The maximum Gasteiger partial charge on any atom is 0.306 e. The Hall–Kier alpha value is -0.610. The molecule has 1 aliphatic carbocycles. The summed E-state index contributed by atoms with van der Waals surface area (Å²) in [7, 11) is 0. The molecule has 1 saturated carbocycles. The Morgan fingerprint density at radius 2 is 2.23 bits per heavy atom. The van der Waals surface area contributed by atoms with Crippen LogP contribution in [0.15, 0.2) is 0 Å². The van der Waals surface area contributed by atoms with Crippen molar-refractivity contribution >= 4 is 5.97 Å². The lowest BCUT2D eigenvalue weighted by molar-refractivity contribution is -0.143. The zero-order chi connectivity index (χ0) is 9.26. The van der Waals surface area contributed by atoms with E-state index in [4.69, 9.17) is 14.6 Å². The summed E-state index contributed by atoms with van der Waals surface area (Å²) in [5.74, 6) is -0.304. The third kappa shape index (κ3) is 2.00. The highest BCUT2D eigenvalue weighted by Gasteiger charge is 2.36. The third-order valence-corrected chi connectivity index (χ3v) is 2.71. The summed E-state index contributed by atoms with van der Waals surface area (Å²) in [4.78, 5) is 10.4. The van der Waals surface area contributed by atoms with E-state index in [9.17, 15) is 4.79 Å². The minimum atomic E-state index is -0.817. The predicted molar refractivity (Wildman–Crippen MR) is 44.2 cm³/mol. The van der Waals surface area contributed by atoms with E-state index in [1.807, 2.05) is 0 Å². The fourth-order valence-corrected chi connectivity index (χ4v) is 1.73. The lowest BCUT2D eigenvalue weighted by Gasteiger charge is -2.29. The Kier molecular flexibility index (Phi) is 2.51. The van der Waals surface area contributed by atoms with E-state index in [1.165, 1.54) is 6.42 Å². The second kappa shape index (κ2) is 3.64. The predicted octanol–water partition coefficient (Wildman–Crippen LogP) is 1.00. The lowest BCUT2D eigenvalue weighted by atomic mass is 9.85. The second-order valence-electron chi connectivity index (χ2n) is 3.75. The molecule has 0 aromatic heterocycles. The molecule has 0 spiro atoms. The van der Waals surface area contributed by atoms with Crippen LogP contribution in [0, 0.1) is 5.92 Å². The average Bonchev–Trinajstić information content (AvgIpc) is 2.31.